The highest BCUT2D eigenvalue weighted by Gasteiger charge is 2.31. The maximum Gasteiger partial charge on any atom is 0.327 e. The maximum atomic E-state index is 11.3. The van der Waals surface area contributed by atoms with E-state index < -0.39 is 0 Å². The van der Waals surface area contributed by atoms with Crippen LogP contribution in [-0.4, -0.2) is 22.9 Å². The molecule has 0 fully saturated rings. The number of esters is 1. The third kappa shape index (κ3) is 2.42. The average molecular weight is 254 g/mol. The average Bonchev–Trinajstić information content (AvgIpc) is 2.61. The molecule has 0 radical (unpaired) electrons. The van der Waals surface area contributed by atoms with Gasteiger partial charge in [0.15, 0.2) is 0 Å². The summed E-state index contributed by atoms with van der Waals surface area (Å²) in [6.07, 6.45) is 1.84. The van der Waals surface area contributed by atoms with E-state index in [0.717, 1.165) is 11.3 Å². The molecule has 2 heterocycles. The number of hydrogen-bond acceptors (Lipinski definition) is 4. The summed E-state index contributed by atoms with van der Waals surface area (Å²) < 4.78 is 6.37. The molecule has 1 N–H and O–H groups in total. The van der Waals surface area contributed by atoms with Gasteiger partial charge in [0.25, 0.3) is 0 Å². The molecule has 5 nitrogen and oxygen atoms in total. The van der Waals surface area contributed by atoms with E-state index >= 15 is 0 Å². The first-order valence-corrected chi connectivity index (χ1v) is 4.06. The molecular formula is C8H13Cl2N3O2. The van der Waals surface area contributed by atoms with Crippen LogP contribution in [0.3, 0.4) is 0 Å². The number of carbonyl (C=O) groups is 1. The van der Waals surface area contributed by atoms with Crippen molar-refractivity contribution >= 4 is 30.8 Å². The van der Waals surface area contributed by atoms with Crippen LogP contribution in [0.2, 0.25) is 0 Å². The van der Waals surface area contributed by atoms with Crippen molar-refractivity contribution in [1.29, 1.82) is 0 Å². The number of aromatic nitrogens is 2. The van der Waals surface area contributed by atoms with Gasteiger partial charge in [-0.25, -0.2) is 4.79 Å². The Morgan fingerprint density at radius 2 is 2.33 bits per heavy atom. The van der Waals surface area contributed by atoms with Gasteiger partial charge in [0.2, 0.25) is 0 Å². The van der Waals surface area contributed by atoms with Crippen molar-refractivity contribution < 1.29 is 9.53 Å². The molecule has 1 unspecified atom stereocenters. The number of nitrogens with one attached hydrogen (secondary N) is 1. The molecule has 86 valence electrons. The van der Waals surface area contributed by atoms with Crippen LogP contribution in [0, 0.1) is 0 Å². The lowest BCUT2D eigenvalue weighted by Crippen LogP contribution is -2.23. The third-order valence-corrected chi connectivity index (χ3v) is 2.16. The molecule has 0 bridgehead atoms. The number of nitrogens with zero attached hydrogens (tertiary/aromatic N) is 2. The van der Waals surface area contributed by atoms with Gasteiger partial charge in [0.05, 0.1) is 12.8 Å². The van der Waals surface area contributed by atoms with Crippen molar-refractivity contribution in [2.45, 2.75) is 12.6 Å². The molecule has 0 aromatic carbocycles. The van der Waals surface area contributed by atoms with Crippen molar-refractivity contribution in [3.05, 3.63) is 17.5 Å². The monoisotopic (exact) mass is 253 g/mol. The first-order chi connectivity index (χ1) is 6.22. The van der Waals surface area contributed by atoms with Gasteiger partial charge in [0, 0.05) is 25.4 Å². The zero-order valence-electron chi connectivity index (χ0n) is 8.39. The summed E-state index contributed by atoms with van der Waals surface area (Å²) in [6, 6.07) is -0.339. The fourth-order valence-electron chi connectivity index (χ4n) is 1.57. The molecule has 1 aromatic heterocycles. The zero-order chi connectivity index (χ0) is 9.42. The van der Waals surface area contributed by atoms with Gasteiger partial charge >= 0.3 is 5.97 Å². The second kappa shape index (κ2) is 5.34. The Bertz CT molecular complexity index is 354. The smallest absolute Gasteiger partial charge is 0.327 e. The van der Waals surface area contributed by atoms with Crippen molar-refractivity contribution in [3.63, 3.8) is 0 Å². The topological polar surface area (TPSA) is 56.1 Å². The van der Waals surface area contributed by atoms with Gasteiger partial charge in [-0.15, -0.1) is 24.8 Å². The SMILES string of the molecule is COC(=O)C1NCc2nn(C)cc21.Cl.Cl. The number of hydrogen-bond donors (Lipinski definition) is 1. The van der Waals surface area contributed by atoms with Crippen molar-refractivity contribution in [1.82, 2.24) is 15.1 Å². The largest absolute Gasteiger partial charge is 0.468 e. The van der Waals surface area contributed by atoms with E-state index in [1.807, 2.05) is 13.2 Å². The molecule has 0 aliphatic carbocycles. The molecule has 1 aliphatic heterocycles. The Labute approximate surface area is 100.0 Å². The van der Waals surface area contributed by atoms with E-state index in [1.54, 1.807) is 4.68 Å². The predicted molar refractivity (Wildman–Crippen MR) is 59.3 cm³/mol. The lowest BCUT2D eigenvalue weighted by Gasteiger charge is -2.07. The Kier molecular flexibility index (Phi) is 5.07. The summed E-state index contributed by atoms with van der Waals surface area (Å²) in [7, 11) is 3.23. The number of carbonyl (C=O) groups excluding carboxylic acids is 1. The van der Waals surface area contributed by atoms with E-state index in [2.05, 4.69) is 15.2 Å². The normalized spacial score (nSPS) is 17.3. The molecule has 15 heavy (non-hydrogen) atoms. The highest BCUT2D eigenvalue weighted by Crippen LogP contribution is 2.24. The first kappa shape index (κ1) is 14.2. The quantitative estimate of drug-likeness (QED) is 0.745. The van der Waals surface area contributed by atoms with E-state index in [1.165, 1.54) is 7.11 Å². The number of ether oxygens (including phenoxy) is 1. The number of fused-ring (bicyclic) bond motifs is 1. The van der Waals surface area contributed by atoms with Gasteiger partial charge in [-0.05, 0) is 0 Å². The van der Waals surface area contributed by atoms with Crippen LogP contribution >= 0.6 is 24.8 Å². The van der Waals surface area contributed by atoms with Crippen LogP contribution < -0.4 is 5.32 Å². The molecule has 1 atom stereocenters. The van der Waals surface area contributed by atoms with Gasteiger partial charge in [0.1, 0.15) is 6.04 Å². The second-order valence-electron chi connectivity index (χ2n) is 3.04. The molecule has 0 spiro atoms. The van der Waals surface area contributed by atoms with Crippen LogP contribution in [0.5, 0.6) is 0 Å². The van der Waals surface area contributed by atoms with Crippen LogP contribution in [-0.2, 0) is 23.1 Å². The van der Waals surface area contributed by atoms with Crippen LogP contribution in [0.25, 0.3) is 0 Å². The van der Waals surface area contributed by atoms with Gasteiger partial charge in [-0.1, -0.05) is 0 Å². The molecule has 0 saturated carbocycles. The molecule has 1 aliphatic rings. The Morgan fingerprint density at radius 1 is 1.67 bits per heavy atom. The number of aryl methyl sites for hydroxylation is 1. The lowest BCUT2D eigenvalue weighted by atomic mass is 10.2. The van der Waals surface area contributed by atoms with E-state index in [0.29, 0.717) is 6.54 Å². The molecular weight excluding hydrogens is 241 g/mol. The number of halogens is 2. The third-order valence-electron chi connectivity index (χ3n) is 2.16. The maximum absolute atomic E-state index is 11.3. The van der Waals surface area contributed by atoms with Crippen molar-refractivity contribution in [2.75, 3.05) is 7.11 Å². The Balaban J connectivity index is 0.000000980. The standard InChI is InChI=1S/C8H11N3O2.2ClH/c1-11-4-5-6(10-11)3-9-7(5)8(12)13-2;;/h4,7,9H,3H2,1-2H3;2*1H. The fourth-order valence-corrected chi connectivity index (χ4v) is 1.57. The predicted octanol–water partition coefficient (Wildman–Crippen LogP) is 0.581. The molecule has 7 heteroatoms. The summed E-state index contributed by atoms with van der Waals surface area (Å²) in [6.45, 7) is 0.635. The summed E-state index contributed by atoms with van der Waals surface area (Å²) >= 11 is 0. The van der Waals surface area contributed by atoms with Gasteiger partial charge in [-0.3, -0.25) is 10.00 Å². The minimum absolute atomic E-state index is 0. The Morgan fingerprint density at radius 3 is 2.93 bits per heavy atom. The van der Waals surface area contributed by atoms with Crippen molar-refractivity contribution in [3.8, 4) is 0 Å². The van der Waals surface area contributed by atoms with Crippen LogP contribution in [0.15, 0.2) is 6.20 Å². The second-order valence-corrected chi connectivity index (χ2v) is 3.04. The minimum atomic E-state index is -0.339. The summed E-state index contributed by atoms with van der Waals surface area (Å²) in [5.41, 5.74) is 1.85. The van der Waals surface area contributed by atoms with E-state index in [4.69, 9.17) is 0 Å². The van der Waals surface area contributed by atoms with Crippen LogP contribution in [0.4, 0.5) is 0 Å². The Hall–Kier alpha value is -0.780. The number of methoxy groups -OCH3 is 1. The highest BCUT2D eigenvalue weighted by atomic mass is 35.5. The van der Waals surface area contributed by atoms with E-state index in [-0.39, 0.29) is 36.8 Å². The minimum Gasteiger partial charge on any atom is -0.468 e. The van der Waals surface area contributed by atoms with E-state index in [9.17, 15) is 4.79 Å². The van der Waals surface area contributed by atoms with Gasteiger partial charge < -0.3 is 4.74 Å². The fraction of sp³-hybridized carbons (Fsp3) is 0.500. The van der Waals surface area contributed by atoms with Crippen LogP contribution in [0.1, 0.15) is 17.3 Å². The molecule has 2 rings (SSSR count). The molecule has 0 saturated heterocycles. The summed E-state index contributed by atoms with van der Waals surface area (Å²) in [5, 5.41) is 7.23. The molecule has 0 amide bonds. The lowest BCUT2D eigenvalue weighted by molar-refractivity contribution is -0.143. The summed E-state index contributed by atoms with van der Waals surface area (Å²) in [4.78, 5) is 11.3. The molecule has 1 aromatic rings. The summed E-state index contributed by atoms with van der Waals surface area (Å²) in [5.74, 6) is -0.258. The highest BCUT2D eigenvalue weighted by molar-refractivity contribution is 5.85. The van der Waals surface area contributed by atoms with Gasteiger partial charge in [-0.2, -0.15) is 5.10 Å². The first-order valence-electron chi connectivity index (χ1n) is 4.06. The zero-order valence-corrected chi connectivity index (χ0v) is 10.0. The van der Waals surface area contributed by atoms with Crippen molar-refractivity contribution in [2.24, 2.45) is 7.05 Å². The number of rotatable bonds is 1.